The highest BCUT2D eigenvalue weighted by molar-refractivity contribution is 5.44. The van der Waals surface area contributed by atoms with Gasteiger partial charge in [-0.2, -0.15) is 0 Å². The monoisotopic (exact) mass is 599 g/mol. The zero-order chi connectivity index (χ0) is 30.7. The fraction of sp³-hybridized carbons (Fsp3) is 0.250. The molecule has 0 radical (unpaired) electrons. The van der Waals surface area contributed by atoms with E-state index in [0.717, 1.165) is 53.7 Å². The Kier molecular flexibility index (Phi) is 10.4. The van der Waals surface area contributed by atoms with E-state index in [4.69, 9.17) is 14.2 Å². The summed E-state index contributed by atoms with van der Waals surface area (Å²) in [5.74, 6) is 2.19. The number of nitrogens with one attached hydrogen (secondary N) is 1. The zero-order valence-electron chi connectivity index (χ0n) is 25.6. The highest BCUT2D eigenvalue weighted by atomic mass is 16.5. The van der Waals surface area contributed by atoms with Crippen molar-refractivity contribution in [2.45, 2.75) is 63.7 Å². The Hall–Kier alpha value is -4.58. The Morgan fingerprint density at radius 3 is 1.73 bits per heavy atom. The molecule has 0 aromatic heterocycles. The number of ether oxygens (including phenoxy) is 3. The van der Waals surface area contributed by atoms with E-state index in [-0.39, 0.29) is 6.04 Å². The third-order valence-corrected chi connectivity index (χ3v) is 8.39. The fourth-order valence-electron chi connectivity index (χ4n) is 5.80. The summed E-state index contributed by atoms with van der Waals surface area (Å²) in [6, 6.07) is 45.0. The van der Waals surface area contributed by atoms with Crippen molar-refractivity contribution < 1.29 is 19.3 Å². The summed E-state index contributed by atoms with van der Waals surface area (Å²) in [7, 11) is 0. The highest BCUT2D eigenvalue weighted by Gasteiger charge is 2.30. The number of aryl methyl sites for hydroxylation is 1. The molecule has 0 amide bonds. The van der Waals surface area contributed by atoms with Crippen LogP contribution in [0.1, 0.15) is 53.2 Å². The van der Waals surface area contributed by atoms with Crippen molar-refractivity contribution in [3.05, 3.63) is 161 Å². The van der Waals surface area contributed by atoms with Crippen LogP contribution in [0.4, 0.5) is 0 Å². The first-order valence-corrected chi connectivity index (χ1v) is 15.9. The molecular weight excluding hydrogens is 558 g/mol. The van der Waals surface area contributed by atoms with Crippen molar-refractivity contribution >= 4 is 0 Å². The average molecular weight is 600 g/mol. The fourth-order valence-corrected chi connectivity index (χ4v) is 5.80. The van der Waals surface area contributed by atoms with Crippen molar-refractivity contribution in [3.63, 3.8) is 0 Å². The van der Waals surface area contributed by atoms with Gasteiger partial charge in [0.15, 0.2) is 11.5 Å². The van der Waals surface area contributed by atoms with Gasteiger partial charge in [0.25, 0.3) is 0 Å². The smallest absolute Gasteiger partial charge is 0.162 e. The Labute approximate surface area is 266 Å². The molecule has 3 atom stereocenters. The van der Waals surface area contributed by atoms with Crippen LogP contribution in [0.5, 0.6) is 17.2 Å². The molecule has 230 valence electrons. The van der Waals surface area contributed by atoms with Crippen LogP contribution in [0.3, 0.4) is 0 Å². The molecule has 5 aromatic rings. The minimum absolute atomic E-state index is 0.0122. The second kappa shape index (κ2) is 15.4. The Bertz CT molecular complexity index is 1590. The van der Waals surface area contributed by atoms with Crippen molar-refractivity contribution in [3.8, 4) is 17.2 Å². The first-order chi connectivity index (χ1) is 22.2. The lowest BCUT2D eigenvalue weighted by Crippen LogP contribution is -2.34. The Morgan fingerprint density at radius 1 is 0.578 bits per heavy atom. The van der Waals surface area contributed by atoms with E-state index in [1.165, 1.54) is 5.56 Å². The molecule has 0 aliphatic carbocycles. The SMILES string of the molecule is OC(c1ccc(OCc2ccccc2)c(OCc2ccccc2)c1)[C@@H]1CC[C@H](CCc2ccc(OCc3ccccc3)cc2)N1. The van der Waals surface area contributed by atoms with Gasteiger partial charge in [0.05, 0.1) is 6.10 Å². The van der Waals surface area contributed by atoms with Gasteiger partial charge in [0, 0.05) is 12.1 Å². The van der Waals surface area contributed by atoms with Gasteiger partial charge >= 0.3 is 0 Å². The first-order valence-electron chi connectivity index (χ1n) is 15.9. The Morgan fingerprint density at radius 2 is 1.13 bits per heavy atom. The van der Waals surface area contributed by atoms with Gasteiger partial charge in [-0.25, -0.2) is 0 Å². The minimum Gasteiger partial charge on any atom is -0.489 e. The number of aliphatic hydroxyl groups is 1. The van der Waals surface area contributed by atoms with Gasteiger partial charge in [0.2, 0.25) is 0 Å². The van der Waals surface area contributed by atoms with E-state index < -0.39 is 6.10 Å². The van der Waals surface area contributed by atoms with Gasteiger partial charge in [-0.3, -0.25) is 0 Å². The lowest BCUT2D eigenvalue weighted by molar-refractivity contribution is 0.134. The van der Waals surface area contributed by atoms with E-state index >= 15 is 0 Å². The summed E-state index contributed by atoms with van der Waals surface area (Å²) in [5.41, 5.74) is 5.44. The molecule has 0 saturated carbocycles. The molecule has 5 aromatic carbocycles. The van der Waals surface area contributed by atoms with Gasteiger partial charge in [0.1, 0.15) is 25.6 Å². The van der Waals surface area contributed by atoms with Crippen LogP contribution in [0, 0.1) is 0 Å². The second-order valence-electron chi connectivity index (χ2n) is 11.7. The predicted molar refractivity (Wildman–Crippen MR) is 178 cm³/mol. The summed E-state index contributed by atoms with van der Waals surface area (Å²) in [4.78, 5) is 0. The number of hydrogen-bond acceptors (Lipinski definition) is 5. The lowest BCUT2D eigenvalue weighted by atomic mass is 10.00. The molecule has 1 aliphatic heterocycles. The molecule has 1 fully saturated rings. The van der Waals surface area contributed by atoms with E-state index in [1.807, 2.05) is 97.1 Å². The van der Waals surface area contributed by atoms with E-state index in [2.05, 4.69) is 41.7 Å². The minimum atomic E-state index is -0.640. The quantitative estimate of drug-likeness (QED) is 0.135. The average Bonchev–Trinajstić information content (AvgIpc) is 3.59. The maximum absolute atomic E-state index is 11.4. The van der Waals surface area contributed by atoms with Gasteiger partial charge in [-0.15, -0.1) is 0 Å². The normalized spacial score (nSPS) is 16.6. The molecule has 1 heterocycles. The largest absolute Gasteiger partial charge is 0.489 e. The van der Waals surface area contributed by atoms with Crippen LogP contribution in [0.15, 0.2) is 133 Å². The van der Waals surface area contributed by atoms with Gasteiger partial charge in [-0.05, 0) is 77.8 Å². The molecule has 5 heteroatoms. The summed E-state index contributed by atoms with van der Waals surface area (Å²) in [6.45, 7) is 1.44. The molecule has 2 N–H and O–H groups in total. The summed E-state index contributed by atoms with van der Waals surface area (Å²) < 4.78 is 18.4. The molecule has 45 heavy (non-hydrogen) atoms. The van der Waals surface area contributed by atoms with E-state index in [0.29, 0.717) is 37.4 Å². The number of benzene rings is 5. The third kappa shape index (κ3) is 8.75. The van der Waals surface area contributed by atoms with Crippen LogP contribution >= 0.6 is 0 Å². The number of aliphatic hydroxyl groups excluding tert-OH is 1. The van der Waals surface area contributed by atoms with Crippen LogP contribution in [-0.4, -0.2) is 17.2 Å². The number of rotatable bonds is 14. The van der Waals surface area contributed by atoms with Crippen molar-refractivity contribution in [2.24, 2.45) is 0 Å². The molecule has 0 bridgehead atoms. The first kappa shape index (κ1) is 30.4. The lowest BCUT2D eigenvalue weighted by Gasteiger charge is -2.22. The molecule has 5 nitrogen and oxygen atoms in total. The maximum Gasteiger partial charge on any atom is 0.162 e. The standard InChI is InChI=1S/C40H41NO4/c42-40(37-24-21-35(41-37)20-16-30-17-22-36(23-18-30)43-27-31-10-4-1-5-11-31)34-19-25-38(44-28-32-12-6-2-7-13-32)39(26-34)45-29-33-14-8-3-9-15-33/h1-15,17-19,22-23,25-26,35,37,40-42H,16,20-21,24,27-29H2/t35-,37-,40?/m0/s1. The molecule has 1 unspecified atom stereocenters. The molecular formula is C40H41NO4. The van der Waals surface area contributed by atoms with Gasteiger partial charge in [-0.1, -0.05) is 109 Å². The third-order valence-electron chi connectivity index (χ3n) is 8.39. The van der Waals surface area contributed by atoms with Crippen LogP contribution in [-0.2, 0) is 26.2 Å². The second-order valence-corrected chi connectivity index (χ2v) is 11.7. The molecule has 1 aliphatic rings. The topological polar surface area (TPSA) is 60.0 Å². The summed E-state index contributed by atoms with van der Waals surface area (Å²) in [6.07, 6.45) is 3.31. The molecule has 1 saturated heterocycles. The summed E-state index contributed by atoms with van der Waals surface area (Å²) in [5, 5.41) is 15.1. The summed E-state index contributed by atoms with van der Waals surface area (Å²) >= 11 is 0. The predicted octanol–water partition coefficient (Wildman–Crippen LogP) is 8.21. The van der Waals surface area contributed by atoms with Crippen molar-refractivity contribution in [1.82, 2.24) is 5.32 Å². The zero-order valence-corrected chi connectivity index (χ0v) is 25.6. The maximum atomic E-state index is 11.4. The van der Waals surface area contributed by atoms with Crippen LogP contribution in [0.2, 0.25) is 0 Å². The highest BCUT2D eigenvalue weighted by Crippen LogP contribution is 2.35. The van der Waals surface area contributed by atoms with E-state index in [1.54, 1.807) is 0 Å². The van der Waals surface area contributed by atoms with Crippen LogP contribution in [0.25, 0.3) is 0 Å². The number of hydrogen-bond donors (Lipinski definition) is 2. The van der Waals surface area contributed by atoms with Gasteiger partial charge < -0.3 is 24.6 Å². The molecule has 6 rings (SSSR count). The van der Waals surface area contributed by atoms with Crippen molar-refractivity contribution in [2.75, 3.05) is 0 Å². The van der Waals surface area contributed by atoms with E-state index in [9.17, 15) is 5.11 Å². The molecule has 0 spiro atoms. The van der Waals surface area contributed by atoms with Crippen LogP contribution < -0.4 is 19.5 Å². The Balaban J connectivity index is 1.03. The van der Waals surface area contributed by atoms with Crippen molar-refractivity contribution in [1.29, 1.82) is 0 Å².